The number of sulfonamides is 1. The number of carbonyl (C=O) groups excluding carboxylic acids is 1. The van der Waals surface area contributed by atoms with Crippen molar-refractivity contribution in [3.05, 3.63) is 59.9 Å². The predicted molar refractivity (Wildman–Crippen MR) is 107 cm³/mol. The molecule has 1 amide bonds. The maximum atomic E-state index is 13.2. The van der Waals surface area contributed by atoms with E-state index in [0.29, 0.717) is 6.61 Å². The summed E-state index contributed by atoms with van der Waals surface area (Å²) in [4.78, 5) is 12.7. The summed E-state index contributed by atoms with van der Waals surface area (Å²) in [7, 11) is -3.75. The van der Waals surface area contributed by atoms with E-state index in [2.05, 4.69) is 5.32 Å². The molecule has 1 N–H and O–H groups in total. The van der Waals surface area contributed by atoms with Crippen molar-refractivity contribution in [3.63, 3.8) is 0 Å². The van der Waals surface area contributed by atoms with E-state index < -0.39 is 27.8 Å². The molecule has 0 saturated heterocycles. The Balaban J connectivity index is 2.17. The summed E-state index contributed by atoms with van der Waals surface area (Å²) in [5.41, 5.74) is 1.08. The summed E-state index contributed by atoms with van der Waals surface area (Å²) in [6.45, 7) is 5.76. The van der Waals surface area contributed by atoms with Crippen molar-refractivity contribution in [3.8, 4) is 5.75 Å². The summed E-state index contributed by atoms with van der Waals surface area (Å²) < 4.78 is 44.1. The molecular weight excluding hydrogens is 383 g/mol. The van der Waals surface area contributed by atoms with Gasteiger partial charge in [0, 0.05) is 0 Å². The van der Waals surface area contributed by atoms with Gasteiger partial charge in [-0.3, -0.25) is 9.10 Å². The van der Waals surface area contributed by atoms with E-state index in [1.54, 1.807) is 0 Å². The molecule has 0 spiro atoms. The third kappa shape index (κ3) is 5.45. The lowest BCUT2D eigenvalue weighted by Gasteiger charge is -2.29. The Kier molecular flexibility index (Phi) is 7.01. The molecule has 0 radical (unpaired) electrons. The Morgan fingerprint density at radius 2 is 1.68 bits per heavy atom. The van der Waals surface area contributed by atoms with Crippen LogP contribution in [0, 0.1) is 5.82 Å². The minimum atomic E-state index is -3.75. The number of nitrogens with zero attached hydrogens (tertiary/aromatic N) is 1. The van der Waals surface area contributed by atoms with Crippen LogP contribution in [-0.2, 0) is 14.8 Å². The third-order valence-corrected chi connectivity index (χ3v) is 5.46. The zero-order valence-electron chi connectivity index (χ0n) is 16.3. The monoisotopic (exact) mass is 408 g/mol. The van der Waals surface area contributed by atoms with Gasteiger partial charge in [-0.1, -0.05) is 12.1 Å². The first kappa shape index (κ1) is 21.7. The summed E-state index contributed by atoms with van der Waals surface area (Å²) in [6.07, 6.45) is 1.01. The Labute approximate surface area is 165 Å². The van der Waals surface area contributed by atoms with Crippen LogP contribution in [0.5, 0.6) is 5.75 Å². The van der Waals surface area contributed by atoms with Gasteiger partial charge in [0.25, 0.3) is 0 Å². The number of rotatable bonds is 8. The van der Waals surface area contributed by atoms with Crippen molar-refractivity contribution >= 4 is 21.6 Å². The van der Waals surface area contributed by atoms with Crippen LogP contribution in [-0.4, -0.2) is 33.2 Å². The molecule has 8 heteroatoms. The first-order chi connectivity index (χ1) is 13.1. The van der Waals surface area contributed by atoms with Crippen LogP contribution in [0.4, 0.5) is 10.1 Å². The molecule has 2 aromatic rings. The molecule has 0 aliphatic carbocycles. The number of nitrogens with one attached hydrogen (secondary N) is 1. The SMILES string of the molecule is CCOc1ccc([C@@H](C)NC(=O)[C@@H](C)N(c2ccc(F)cc2)S(C)(=O)=O)cc1. The molecule has 0 aromatic heterocycles. The van der Waals surface area contributed by atoms with Gasteiger partial charge >= 0.3 is 0 Å². The minimum absolute atomic E-state index is 0.222. The molecule has 152 valence electrons. The normalized spacial score (nSPS) is 13.5. The van der Waals surface area contributed by atoms with Crippen molar-refractivity contribution < 1.29 is 22.3 Å². The maximum absolute atomic E-state index is 13.2. The van der Waals surface area contributed by atoms with Crippen molar-refractivity contribution in [2.75, 3.05) is 17.2 Å². The largest absolute Gasteiger partial charge is 0.494 e. The zero-order valence-corrected chi connectivity index (χ0v) is 17.2. The quantitative estimate of drug-likeness (QED) is 0.728. The molecule has 6 nitrogen and oxygen atoms in total. The van der Waals surface area contributed by atoms with Crippen molar-refractivity contribution in [2.45, 2.75) is 32.9 Å². The van der Waals surface area contributed by atoms with E-state index in [9.17, 15) is 17.6 Å². The second-order valence-corrected chi connectivity index (χ2v) is 8.30. The zero-order chi connectivity index (χ0) is 20.9. The molecular formula is C20H25FN2O4S. The lowest BCUT2D eigenvalue weighted by Crippen LogP contribution is -2.48. The average molecular weight is 408 g/mol. The van der Waals surface area contributed by atoms with E-state index in [1.165, 1.54) is 19.1 Å². The smallest absolute Gasteiger partial charge is 0.244 e. The van der Waals surface area contributed by atoms with Crippen LogP contribution in [0.3, 0.4) is 0 Å². The van der Waals surface area contributed by atoms with E-state index in [-0.39, 0.29) is 11.7 Å². The van der Waals surface area contributed by atoms with Gasteiger partial charge in [0.15, 0.2) is 0 Å². The first-order valence-corrected chi connectivity index (χ1v) is 10.8. The lowest BCUT2D eigenvalue weighted by molar-refractivity contribution is -0.122. The van der Waals surface area contributed by atoms with E-state index >= 15 is 0 Å². The highest BCUT2D eigenvalue weighted by Crippen LogP contribution is 2.22. The van der Waals surface area contributed by atoms with Crippen molar-refractivity contribution in [1.29, 1.82) is 0 Å². The molecule has 0 fully saturated rings. The fourth-order valence-corrected chi connectivity index (χ4v) is 4.01. The van der Waals surface area contributed by atoms with Crippen molar-refractivity contribution in [1.82, 2.24) is 5.32 Å². The highest BCUT2D eigenvalue weighted by atomic mass is 32.2. The van der Waals surface area contributed by atoms with E-state index in [1.807, 2.05) is 38.1 Å². The van der Waals surface area contributed by atoms with Crippen molar-refractivity contribution in [2.24, 2.45) is 0 Å². The standard InChI is InChI=1S/C20H25FN2O4S/c1-5-27-19-12-6-16(7-13-19)14(2)22-20(24)15(3)23(28(4,25)26)18-10-8-17(21)9-11-18/h6-15H,5H2,1-4H3,(H,22,24)/t14-,15-/m1/s1. The van der Waals surface area contributed by atoms with Gasteiger partial charge in [-0.25, -0.2) is 12.8 Å². The second kappa shape index (κ2) is 9.05. The lowest BCUT2D eigenvalue weighted by atomic mass is 10.1. The minimum Gasteiger partial charge on any atom is -0.494 e. The number of ether oxygens (including phenoxy) is 1. The molecule has 28 heavy (non-hydrogen) atoms. The van der Waals surface area contributed by atoms with E-state index in [4.69, 9.17) is 4.74 Å². The Morgan fingerprint density at radius 1 is 1.11 bits per heavy atom. The molecule has 0 bridgehead atoms. The topological polar surface area (TPSA) is 75.7 Å². The molecule has 2 aromatic carbocycles. The van der Waals surface area contributed by atoms with Crippen LogP contribution < -0.4 is 14.4 Å². The maximum Gasteiger partial charge on any atom is 0.244 e. The van der Waals surface area contributed by atoms with Gasteiger partial charge in [0.05, 0.1) is 24.6 Å². The van der Waals surface area contributed by atoms with Crippen LogP contribution >= 0.6 is 0 Å². The van der Waals surface area contributed by atoms with Gasteiger partial charge in [-0.05, 0) is 62.7 Å². The number of halogens is 1. The average Bonchev–Trinajstić information content (AvgIpc) is 2.63. The van der Waals surface area contributed by atoms with Crippen LogP contribution in [0.1, 0.15) is 32.4 Å². The summed E-state index contributed by atoms with van der Waals surface area (Å²) in [5.74, 6) is -0.215. The van der Waals surface area contributed by atoms with Gasteiger partial charge in [0.1, 0.15) is 17.6 Å². The fourth-order valence-electron chi connectivity index (χ4n) is 2.83. The summed E-state index contributed by atoms with van der Waals surface area (Å²) in [6, 6.07) is 10.9. The number of benzene rings is 2. The number of hydrogen-bond donors (Lipinski definition) is 1. The highest BCUT2D eigenvalue weighted by Gasteiger charge is 2.29. The molecule has 2 atom stereocenters. The van der Waals surface area contributed by atoms with Gasteiger partial charge < -0.3 is 10.1 Å². The molecule has 2 rings (SSSR count). The molecule has 0 unspecified atom stereocenters. The van der Waals surface area contributed by atoms with E-state index in [0.717, 1.165) is 34.0 Å². The fraction of sp³-hybridized carbons (Fsp3) is 0.350. The van der Waals surface area contributed by atoms with Gasteiger partial charge in [0.2, 0.25) is 15.9 Å². The Hall–Kier alpha value is -2.61. The summed E-state index contributed by atoms with van der Waals surface area (Å²) >= 11 is 0. The third-order valence-electron chi connectivity index (χ3n) is 4.22. The number of hydrogen-bond acceptors (Lipinski definition) is 4. The first-order valence-electron chi connectivity index (χ1n) is 8.91. The number of anilines is 1. The second-order valence-electron chi connectivity index (χ2n) is 6.44. The van der Waals surface area contributed by atoms with Crippen LogP contribution in [0.25, 0.3) is 0 Å². The molecule has 0 aliphatic heterocycles. The van der Waals surface area contributed by atoms with Crippen LogP contribution in [0.2, 0.25) is 0 Å². The van der Waals surface area contributed by atoms with Gasteiger partial charge in [-0.15, -0.1) is 0 Å². The summed E-state index contributed by atoms with van der Waals surface area (Å²) in [5, 5.41) is 2.82. The molecule has 0 saturated carbocycles. The molecule has 0 heterocycles. The highest BCUT2D eigenvalue weighted by molar-refractivity contribution is 7.92. The number of carbonyl (C=O) groups is 1. The number of amides is 1. The Morgan fingerprint density at radius 3 is 2.18 bits per heavy atom. The molecule has 0 aliphatic rings. The van der Waals surface area contributed by atoms with Crippen LogP contribution in [0.15, 0.2) is 48.5 Å². The predicted octanol–water partition coefficient (Wildman–Crippen LogP) is 3.26. The van der Waals surface area contributed by atoms with Gasteiger partial charge in [-0.2, -0.15) is 0 Å². The Bertz CT molecular complexity index is 899.